The minimum absolute atomic E-state index is 0.130. The zero-order valence-corrected chi connectivity index (χ0v) is 10.1. The van der Waals surface area contributed by atoms with Crippen molar-refractivity contribution >= 4 is 17.7 Å². The Morgan fingerprint density at radius 1 is 1.56 bits per heavy atom. The first-order valence-corrected chi connectivity index (χ1v) is 5.97. The quantitative estimate of drug-likeness (QED) is 0.769. The number of aliphatic hydroxyl groups excluding tert-OH is 1. The Bertz CT molecular complexity index is 381. The van der Waals surface area contributed by atoms with E-state index in [1.165, 1.54) is 11.8 Å². The molecule has 1 unspecified atom stereocenters. The van der Waals surface area contributed by atoms with Crippen molar-refractivity contribution in [3.63, 3.8) is 0 Å². The molecule has 0 amide bonds. The van der Waals surface area contributed by atoms with Gasteiger partial charge in [-0.1, -0.05) is 6.92 Å². The highest BCUT2D eigenvalue weighted by Gasteiger charge is 2.08. The van der Waals surface area contributed by atoms with Crippen LogP contribution in [0.2, 0.25) is 0 Å². The van der Waals surface area contributed by atoms with E-state index < -0.39 is 5.97 Å². The van der Waals surface area contributed by atoms with Gasteiger partial charge in [-0.25, -0.2) is 9.78 Å². The summed E-state index contributed by atoms with van der Waals surface area (Å²) in [5.74, 6) is -0.0328. The predicted molar refractivity (Wildman–Crippen MR) is 62.9 cm³/mol. The standard InChI is InChI=1S/C11H15NO3S/c1-7(5-13)6-16-10-4-9(11(14)15)3-8(2)12-10/h3-4,7,13H,5-6H2,1-2H3,(H,14,15). The third-order valence-electron chi connectivity index (χ3n) is 2.00. The molecule has 1 aromatic heterocycles. The lowest BCUT2D eigenvalue weighted by molar-refractivity contribution is 0.0696. The molecular formula is C11H15NO3S. The van der Waals surface area contributed by atoms with Crippen molar-refractivity contribution in [2.45, 2.75) is 18.9 Å². The van der Waals surface area contributed by atoms with Crippen molar-refractivity contribution in [1.29, 1.82) is 0 Å². The normalized spacial score (nSPS) is 12.4. The maximum Gasteiger partial charge on any atom is 0.335 e. The largest absolute Gasteiger partial charge is 0.478 e. The van der Waals surface area contributed by atoms with E-state index in [2.05, 4.69) is 4.98 Å². The van der Waals surface area contributed by atoms with E-state index in [4.69, 9.17) is 10.2 Å². The van der Waals surface area contributed by atoms with Crippen LogP contribution in [0.5, 0.6) is 0 Å². The van der Waals surface area contributed by atoms with Crippen LogP contribution in [0.3, 0.4) is 0 Å². The van der Waals surface area contributed by atoms with E-state index in [1.807, 2.05) is 6.92 Å². The van der Waals surface area contributed by atoms with Gasteiger partial charge in [0.2, 0.25) is 0 Å². The third kappa shape index (κ3) is 3.83. The molecule has 0 radical (unpaired) electrons. The van der Waals surface area contributed by atoms with Gasteiger partial charge in [0.05, 0.1) is 10.6 Å². The van der Waals surface area contributed by atoms with Crippen molar-refractivity contribution in [1.82, 2.24) is 4.98 Å². The zero-order valence-electron chi connectivity index (χ0n) is 9.30. The number of aromatic carboxylic acids is 1. The summed E-state index contributed by atoms with van der Waals surface area (Å²) in [5, 5.41) is 18.5. The van der Waals surface area contributed by atoms with Gasteiger partial charge in [0, 0.05) is 18.1 Å². The second kappa shape index (κ2) is 5.86. The number of thioether (sulfide) groups is 1. The monoisotopic (exact) mass is 241 g/mol. The number of carboxylic acids is 1. The highest BCUT2D eigenvalue weighted by molar-refractivity contribution is 7.99. The van der Waals surface area contributed by atoms with E-state index in [9.17, 15) is 4.79 Å². The van der Waals surface area contributed by atoms with Crippen LogP contribution in [0.25, 0.3) is 0 Å². The number of pyridine rings is 1. The lowest BCUT2D eigenvalue weighted by atomic mass is 10.2. The average molecular weight is 241 g/mol. The predicted octanol–water partition coefficient (Wildman–Crippen LogP) is 1.81. The number of aromatic nitrogens is 1. The van der Waals surface area contributed by atoms with Crippen LogP contribution in [0.15, 0.2) is 17.2 Å². The number of nitrogens with zero attached hydrogens (tertiary/aromatic N) is 1. The van der Waals surface area contributed by atoms with E-state index in [-0.39, 0.29) is 18.1 Å². The average Bonchev–Trinajstić information content (AvgIpc) is 2.25. The smallest absolute Gasteiger partial charge is 0.335 e. The molecule has 2 N–H and O–H groups in total. The zero-order chi connectivity index (χ0) is 12.1. The highest BCUT2D eigenvalue weighted by atomic mass is 32.2. The Balaban J connectivity index is 2.76. The Kier molecular flexibility index (Phi) is 4.76. The molecule has 1 aromatic rings. The number of carboxylic acid groups (broad SMARTS) is 1. The molecule has 0 bridgehead atoms. The topological polar surface area (TPSA) is 70.4 Å². The molecule has 0 aliphatic heterocycles. The molecule has 0 aliphatic carbocycles. The molecule has 0 aliphatic rings. The lowest BCUT2D eigenvalue weighted by Crippen LogP contribution is -2.04. The number of aliphatic hydroxyl groups is 1. The number of carbonyl (C=O) groups is 1. The second-order valence-electron chi connectivity index (χ2n) is 3.74. The van der Waals surface area contributed by atoms with Gasteiger partial charge >= 0.3 is 5.97 Å². The van der Waals surface area contributed by atoms with Crippen LogP contribution in [-0.2, 0) is 0 Å². The minimum Gasteiger partial charge on any atom is -0.478 e. The molecule has 0 saturated carbocycles. The molecule has 0 fully saturated rings. The molecule has 0 spiro atoms. The lowest BCUT2D eigenvalue weighted by Gasteiger charge is -2.07. The van der Waals surface area contributed by atoms with Crippen molar-refractivity contribution in [2.24, 2.45) is 5.92 Å². The van der Waals surface area contributed by atoms with Gasteiger partial charge in [0.25, 0.3) is 0 Å². The molecule has 88 valence electrons. The molecule has 5 heteroatoms. The van der Waals surface area contributed by atoms with Gasteiger partial charge in [0.1, 0.15) is 0 Å². The van der Waals surface area contributed by atoms with Gasteiger partial charge < -0.3 is 10.2 Å². The molecule has 0 aromatic carbocycles. The first-order chi connectivity index (χ1) is 7.52. The maximum atomic E-state index is 10.8. The molecule has 1 atom stereocenters. The summed E-state index contributed by atoms with van der Waals surface area (Å²) >= 11 is 1.46. The molecule has 4 nitrogen and oxygen atoms in total. The Hall–Kier alpha value is -1.07. The van der Waals surface area contributed by atoms with Crippen molar-refractivity contribution in [3.05, 3.63) is 23.4 Å². The fourth-order valence-corrected chi connectivity index (χ4v) is 2.10. The van der Waals surface area contributed by atoms with Crippen LogP contribution >= 0.6 is 11.8 Å². The van der Waals surface area contributed by atoms with Crippen LogP contribution < -0.4 is 0 Å². The summed E-state index contributed by atoms with van der Waals surface area (Å²) in [6.45, 7) is 3.83. The summed E-state index contributed by atoms with van der Waals surface area (Å²) in [6.07, 6.45) is 0. The fraction of sp³-hybridized carbons (Fsp3) is 0.455. The number of hydrogen-bond donors (Lipinski definition) is 2. The van der Waals surface area contributed by atoms with Gasteiger partial charge in [-0.2, -0.15) is 0 Å². The van der Waals surface area contributed by atoms with Crippen molar-refractivity contribution in [2.75, 3.05) is 12.4 Å². The van der Waals surface area contributed by atoms with E-state index >= 15 is 0 Å². The van der Waals surface area contributed by atoms with E-state index in [1.54, 1.807) is 19.1 Å². The fourth-order valence-electron chi connectivity index (χ4n) is 1.12. The summed E-state index contributed by atoms with van der Waals surface area (Å²) in [6, 6.07) is 3.10. The third-order valence-corrected chi connectivity index (χ3v) is 3.24. The maximum absolute atomic E-state index is 10.8. The van der Waals surface area contributed by atoms with Crippen molar-refractivity contribution < 1.29 is 15.0 Å². The van der Waals surface area contributed by atoms with Crippen LogP contribution in [0.1, 0.15) is 23.0 Å². The molecule has 1 rings (SSSR count). The first kappa shape index (κ1) is 13.0. The van der Waals surface area contributed by atoms with Crippen LogP contribution in [0, 0.1) is 12.8 Å². The van der Waals surface area contributed by atoms with Gasteiger partial charge in [-0.3, -0.25) is 0 Å². The van der Waals surface area contributed by atoms with Gasteiger partial charge in [-0.05, 0) is 25.0 Å². The summed E-state index contributed by atoms with van der Waals surface area (Å²) in [7, 11) is 0. The van der Waals surface area contributed by atoms with Crippen LogP contribution in [-0.4, -0.2) is 33.5 Å². The SMILES string of the molecule is Cc1cc(C(=O)O)cc(SCC(C)CO)n1. The Morgan fingerprint density at radius 2 is 2.25 bits per heavy atom. The van der Waals surface area contributed by atoms with Crippen LogP contribution in [0.4, 0.5) is 0 Å². The molecule has 16 heavy (non-hydrogen) atoms. The Labute approximate surface area is 98.7 Å². The number of hydrogen-bond acceptors (Lipinski definition) is 4. The minimum atomic E-state index is -0.942. The Morgan fingerprint density at radius 3 is 2.81 bits per heavy atom. The summed E-state index contributed by atoms with van der Waals surface area (Å²) < 4.78 is 0. The summed E-state index contributed by atoms with van der Waals surface area (Å²) in [4.78, 5) is 15.1. The second-order valence-corrected chi connectivity index (χ2v) is 4.78. The highest BCUT2D eigenvalue weighted by Crippen LogP contribution is 2.20. The first-order valence-electron chi connectivity index (χ1n) is 4.98. The van der Waals surface area contributed by atoms with E-state index in [0.29, 0.717) is 10.7 Å². The molecular weight excluding hydrogens is 226 g/mol. The van der Waals surface area contributed by atoms with Crippen molar-refractivity contribution in [3.8, 4) is 0 Å². The van der Waals surface area contributed by atoms with Gasteiger partial charge in [-0.15, -0.1) is 11.8 Å². The number of rotatable bonds is 5. The number of aryl methyl sites for hydroxylation is 1. The molecule has 1 heterocycles. The van der Waals surface area contributed by atoms with Gasteiger partial charge in [0.15, 0.2) is 0 Å². The molecule has 0 saturated heterocycles. The summed E-state index contributed by atoms with van der Waals surface area (Å²) in [5.41, 5.74) is 0.950. The van der Waals surface area contributed by atoms with E-state index in [0.717, 1.165) is 5.75 Å².